The Labute approximate surface area is 193 Å². The number of nitrogens with zero attached hydrogens (tertiary/aromatic N) is 3. The van der Waals surface area contributed by atoms with Gasteiger partial charge < -0.3 is 15.5 Å². The topological polar surface area (TPSA) is 77.0 Å². The number of halogens is 4. The molecule has 1 fully saturated rings. The second-order valence-corrected chi connectivity index (χ2v) is 9.01. The normalized spacial score (nSPS) is 16.7. The minimum Gasteiger partial charge on any atom is -0.378 e. The Hall–Kier alpha value is -1.28. The monoisotopic (exact) mass is 563 g/mol. The van der Waals surface area contributed by atoms with E-state index in [9.17, 15) is 21.6 Å². The van der Waals surface area contributed by atoms with Crippen LogP contribution in [0.15, 0.2) is 29.3 Å². The van der Waals surface area contributed by atoms with Gasteiger partial charge in [0.15, 0.2) is 5.96 Å². The summed E-state index contributed by atoms with van der Waals surface area (Å²) in [5.41, 5.74) is -2.96. The van der Waals surface area contributed by atoms with E-state index in [1.807, 2.05) is 31.1 Å². The van der Waals surface area contributed by atoms with E-state index in [-0.39, 0.29) is 55.9 Å². The van der Waals surface area contributed by atoms with Crippen molar-refractivity contribution in [3.63, 3.8) is 0 Å². The summed E-state index contributed by atoms with van der Waals surface area (Å²) in [6.45, 7) is 0.297. The highest BCUT2D eigenvalue weighted by Crippen LogP contribution is 2.28. The molecule has 1 aliphatic heterocycles. The molecule has 2 rings (SSSR count). The fourth-order valence-electron chi connectivity index (χ4n) is 3.06. The molecule has 1 heterocycles. The number of rotatable bonds is 6. The third-order valence-corrected chi connectivity index (χ3v) is 6.44. The summed E-state index contributed by atoms with van der Waals surface area (Å²) in [4.78, 5) is 6.16. The van der Waals surface area contributed by atoms with Gasteiger partial charge in [0.25, 0.3) is 0 Å². The molecule has 1 aliphatic rings. The summed E-state index contributed by atoms with van der Waals surface area (Å²) in [6, 6.07) is 8.07. The van der Waals surface area contributed by atoms with Crippen LogP contribution in [-0.4, -0.2) is 71.0 Å². The van der Waals surface area contributed by atoms with E-state index in [0.717, 1.165) is 12.1 Å². The Morgan fingerprint density at radius 1 is 1.20 bits per heavy atom. The van der Waals surface area contributed by atoms with Crippen molar-refractivity contribution >= 4 is 45.6 Å². The second-order valence-electron chi connectivity index (χ2n) is 7.08. The standard InChI is InChI=1S/C18H28F3N5O2S.HI/c1-22-17(23-11-8-14-4-6-16(7-5-14)25(2)3)24-15-9-12-26(13-10-15)29(27,28)18(19,20)21;/h4-7,15H,8-13H2,1-3H3,(H2,22,23,24);1H. The highest BCUT2D eigenvalue weighted by Gasteiger charge is 2.50. The summed E-state index contributed by atoms with van der Waals surface area (Å²) in [6.07, 6.45) is 1.35. The number of piperidine rings is 1. The Balaban J connectivity index is 0.00000450. The van der Waals surface area contributed by atoms with Crippen molar-refractivity contribution in [2.24, 2.45) is 4.99 Å². The molecule has 0 spiro atoms. The van der Waals surface area contributed by atoms with Crippen molar-refractivity contribution in [2.45, 2.75) is 30.8 Å². The molecule has 0 radical (unpaired) electrons. The largest absolute Gasteiger partial charge is 0.511 e. The lowest BCUT2D eigenvalue weighted by Gasteiger charge is -2.32. The molecule has 1 saturated heterocycles. The summed E-state index contributed by atoms with van der Waals surface area (Å²) in [5.74, 6) is 0.548. The van der Waals surface area contributed by atoms with Gasteiger partial charge in [0.1, 0.15) is 0 Å². The Kier molecular flexibility index (Phi) is 10.1. The van der Waals surface area contributed by atoms with Crippen LogP contribution in [0.3, 0.4) is 0 Å². The first-order chi connectivity index (χ1) is 13.5. The fraction of sp³-hybridized carbons (Fsp3) is 0.611. The first kappa shape index (κ1) is 26.8. The molecule has 1 aromatic rings. The lowest BCUT2D eigenvalue weighted by atomic mass is 10.1. The van der Waals surface area contributed by atoms with Crippen molar-refractivity contribution in [3.8, 4) is 0 Å². The van der Waals surface area contributed by atoms with Crippen molar-refractivity contribution < 1.29 is 21.6 Å². The minimum absolute atomic E-state index is 0. The molecular weight excluding hydrogens is 534 g/mol. The van der Waals surface area contributed by atoms with Crippen molar-refractivity contribution in [1.29, 1.82) is 0 Å². The highest BCUT2D eigenvalue weighted by molar-refractivity contribution is 14.0. The maximum absolute atomic E-state index is 12.6. The maximum Gasteiger partial charge on any atom is 0.511 e. The van der Waals surface area contributed by atoms with Crippen LogP contribution in [-0.2, 0) is 16.4 Å². The predicted molar refractivity (Wildman–Crippen MR) is 124 cm³/mol. The van der Waals surface area contributed by atoms with Gasteiger partial charge in [0.2, 0.25) is 0 Å². The van der Waals surface area contributed by atoms with E-state index < -0.39 is 15.5 Å². The number of guanidine groups is 1. The molecular formula is C18H29F3IN5O2S. The zero-order valence-corrected chi connectivity index (χ0v) is 20.4. The van der Waals surface area contributed by atoms with Crippen LogP contribution in [0, 0.1) is 0 Å². The van der Waals surface area contributed by atoms with Gasteiger partial charge in [-0.25, -0.2) is 8.42 Å². The maximum atomic E-state index is 12.6. The Morgan fingerprint density at radius 2 is 1.77 bits per heavy atom. The second kappa shape index (κ2) is 11.4. The van der Waals surface area contributed by atoms with Crippen LogP contribution >= 0.6 is 24.0 Å². The number of anilines is 1. The van der Waals surface area contributed by atoms with Gasteiger partial charge in [0.05, 0.1) is 0 Å². The molecule has 12 heteroatoms. The molecule has 0 amide bonds. The van der Waals surface area contributed by atoms with Crippen molar-refractivity contribution in [1.82, 2.24) is 14.9 Å². The first-order valence-electron chi connectivity index (χ1n) is 9.34. The van der Waals surface area contributed by atoms with E-state index in [2.05, 4.69) is 27.8 Å². The molecule has 0 unspecified atom stereocenters. The average molecular weight is 563 g/mol. The molecule has 0 aliphatic carbocycles. The lowest BCUT2D eigenvalue weighted by Crippen LogP contribution is -2.51. The zero-order valence-electron chi connectivity index (χ0n) is 17.2. The SMILES string of the molecule is CN=C(NCCc1ccc(N(C)C)cc1)NC1CCN(S(=O)(=O)C(F)(F)F)CC1.I. The summed E-state index contributed by atoms with van der Waals surface area (Å²) in [5, 5.41) is 6.34. The van der Waals surface area contributed by atoms with Crippen LogP contribution in [0.1, 0.15) is 18.4 Å². The fourth-order valence-corrected chi connectivity index (χ4v) is 4.05. The summed E-state index contributed by atoms with van der Waals surface area (Å²) in [7, 11) is 0.325. The number of aliphatic imine (C=N–C) groups is 1. The Bertz CT molecular complexity index is 793. The van der Waals surface area contributed by atoms with Gasteiger partial charge in [-0.05, 0) is 37.0 Å². The van der Waals surface area contributed by atoms with Crippen LogP contribution in [0.25, 0.3) is 0 Å². The third kappa shape index (κ3) is 7.15. The van der Waals surface area contributed by atoms with Gasteiger partial charge >= 0.3 is 15.5 Å². The van der Waals surface area contributed by atoms with Crippen molar-refractivity contribution in [2.75, 3.05) is 45.7 Å². The van der Waals surface area contributed by atoms with Crippen LogP contribution in [0.5, 0.6) is 0 Å². The number of hydrogen-bond donors (Lipinski definition) is 2. The van der Waals surface area contributed by atoms with Gasteiger partial charge in [-0.15, -0.1) is 24.0 Å². The van der Waals surface area contributed by atoms with Crippen LogP contribution < -0.4 is 15.5 Å². The quantitative estimate of drug-likeness (QED) is 0.316. The minimum atomic E-state index is -5.25. The summed E-state index contributed by atoms with van der Waals surface area (Å²) >= 11 is 0. The van der Waals surface area contributed by atoms with Gasteiger partial charge in [-0.3, -0.25) is 4.99 Å². The third-order valence-electron chi connectivity index (χ3n) is 4.81. The molecule has 7 nitrogen and oxygen atoms in total. The molecule has 1 aromatic carbocycles. The molecule has 0 atom stereocenters. The summed E-state index contributed by atoms with van der Waals surface area (Å²) < 4.78 is 61.4. The van der Waals surface area contributed by atoms with E-state index in [4.69, 9.17) is 0 Å². The van der Waals surface area contributed by atoms with E-state index in [1.165, 1.54) is 5.56 Å². The molecule has 0 saturated carbocycles. The number of nitrogens with one attached hydrogen (secondary N) is 2. The van der Waals surface area contributed by atoms with E-state index in [1.54, 1.807) is 7.05 Å². The van der Waals surface area contributed by atoms with Crippen LogP contribution in [0.4, 0.5) is 18.9 Å². The molecule has 30 heavy (non-hydrogen) atoms. The first-order valence-corrected chi connectivity index (χ1v) is 10.8. The number of sulfonamides is 1. The number of hydrogen-bond acceptors (Lipinski definition) is 4. The predicted octanol–water partition coefficient (Wildman–Crippen LogP) is 2.39. The van der Waals surface area contributed by atoms with E-state index in [0.29, 0.717) is 16.8 Å². The van der Waals surface area contributed by atoms with Crippen molar-refractivity contribution in [3.05, 3.63) is 29.8 Å². The highest BCUT2D eigenvalue weighted by atomic mass is 127. The zero-order chi connectivity index (χ0) is 21.7. The van der Waals surface area contributed by atoms with E-state index >= 15 is 0 Å². The van der Waals surface area contributed by atoms with Crippen LogP contribution in [0.2, 0.25) is 0 Å². The van der Waals surface area contributed by atoms with Gasteiger partial charge in [0, 0.05) is 52.5 Å². The molecule has 0 aromatic heterocycles. The number of benzene rings is 1. The van der Waals surface area contributed by atoms with Gasteiger partial charge in [-0.1, -0.05) is 12.1 Å². The number of alkyl halides is 3. The Morgan fingerprint density at radius 3 is 2.23 bits per heavy atom. The average Bonchev–Trinajstić information content (AvgIpc) is 2.67. The molecule has 2 N–H and O–H groups in total. The molecule has 172 valence electrons. The lowest BCUT2D eigenvalue weighted by molar-refractivity contribution is -0.0494. The van der Waals surface area contributed by atoms with Gasteiger partial charge in [-0.2, -0.15) is 17.5 Å². The smallest absolute Gasteiger partial charge is 0.378 e. The molecule has 0 bridgehead atoms.